The van der Waals surface area contributed by atoms with Crippen molar-refractivity contribution in [3.8, 4) is 6.07 Å². The van der Waals surface area contributed by atoms with E-state index in [1.54, 1.807) is 0 Å². The molecule has 0 spiro atoms. The first-order valence-corrected chi connectivity index (χ1v) is 8.37. The molecule has 0 saturated heterocycles. The SMILES string of the molecule is CCCN(CCN)c1cc(=O)n(C)c(=O)n1Cc1cc(F)ccc1C#N. The molecule has 0 fully saturated rings. The van der Waals surface area contributed by atoms with Crippen LogP contribution < -0.4 is 21.9 Å². The first-order valence-electron chi connectivity index (χ1n) is 8.37. The van der Waals surface area contributed by atoms with Crippen LogP contribution in [0.4, 0.5) is 10.2 Å². The van der Waals surface area contributed by atoms with Crippen LogP contribution in [0.3, 0.4) is 0 Å². The summed E-state index contributed by atoms with van der Waals surface area (Å²) < 4.78 is 16.0. The Kier molecular flexibility index (Phi) is 6.31. The van der Waals surface area contributed by atoms with Gasteiger partial charge in [0.15, 0.2) is 0 Å². The molecule has 0 atom stereocenters. The van der Waals surface area contributed by atoms with Crippen LogP contribution in [-0.2, 0) is 13.6 Å². The van der Waals surface area contributed by atoms with Gasteiger partial charge < -0.3 is 10.6 Å². The van der Waals surface area contributed by atoms with E-state index in [2.05, 4.69) is 0 Å². The van der Waals surface area contributed by atoms with Gasteiger partial charge >= 0.3 is 5.69 Å². The monoisotopic (exact) mass is 359 g/mol. The molecule has 1 heterocycles. The molecule has 2 rings (SSSR count). The van der Waals surface area contributed by atoms with Crippen molar-refractivity contribution in [3.05, 3.63) is 62.0 Å². The zero-order valence-corrected chi connectivity index (χ0v) is 14.9. The summed E-state index contributed by atoms with van der Waals surface area (Å²) in [4.78, 5) is 26.7. The van der Waals surface area contributed by atoms with Crippen LogP contribution in [0.2, 0.25) is 0 Å². The van der Waals surface area contributed by atoms with E-state index >= 15 is 0 Å². The molecule has 0 saturated carbocycles. The molecule has 1 aromatic carbocycles. The predicted octanol–water partition coefficient (Wildman–Crippen LogP) is 0.781. The Morgan fingerprint density at radius 2 is 2.00 bits per heavy atom. The smallest absolute Gasteiger partial charge is 0.332 e. The van der Waals surface area contributed by atoms with Gasteiger partial charge in [-0.25, -0.2) is 9.18 Å². The van der Waals surface area contributed by atoms with Gasteiger partial charge in [0.2, 0.25) is 0 Å². The molecule has 0 aliphatic rings. The Hall–Kier alpha value is -2.92. The maximum atomic E-state index is 13.7. The molecule has 2 aromatic rings. The van der Waals surface area contributed by atoms with E-state index < -0.39 is 17.1 Å². The van der Waals surface area contributed by atoms with Crippen molar-refractivity contribution in [2.45, 2.75) is 19.9 Å². The lowest BCUT2D eigenvalue weighted by atomic mass is 10.1. The fourth-order valence-corrected chi connectivity index (χ4v) is 2.81. The summed E-state index contributed by atoms with van der Waals surface area (Å²) in [5, 5.41) is 9.26. The number of anilines is 1. The molecule has 0 bridgehead atoms. The molecule has 0 aliphatic carbocycles. The molecule has 8 heteroatoms. The number of nitrogens with two attached hydrogens (primary N) is 1. The van der Waals surface area contributed by atoms with Gasteiger partial charge in [0.25, 0.3) is 5.56 Å². The minimum Gasteiger partial charge on any atom is -0.356 e. The summed E-state index contributed by atoms with van der Waals surface area (Å²) in [7, 11) is 1.38. The molecule has 138 valence electrons. The number of hydrogen-bond donors (Lipinski definition) is 1. The Balaban J connectivity index is 2.66. The van der Waals surface area contributed by atoms with Gasteiger partial charge in [0.1, 0.15) is 11.6 Å². The molecule has 0 aliphatic heterocycles. The highest BCUT2D eigenvalue weighted by Crippen LogP contribution is 2.16. The van der Waals surface area contributed by atoms with Gasteiger partial charge in [-0.3, -0.25) is 13.9 Å². The molecule has 2 N–H and O–H groups in total. The number of nitriles is 1. The second-order valence-corrected chi connectivity index (χ2v) is 5.96. The van der Waals surface area contributed by atoms with E-state index in [0.29, 0.717) is 31.0 Å². The second-order valence-electron chi connectivity index (χ2n) is 5.96. The van der Waals surface area contributed by atoms with E-state index in [-0.39, 0.29) is 12.1 Å². The normalized spacial score (nSPS) is 10.6. The van der Waals surface area contributed by atoms with Crippen molar-refractivity contribution in [2.75, 3.05) is 24.5 Å². The quantitative estimate of drug-likeness (QED) is 0.788. The minimum absolute atomic E-state index is 0.0201. The van der Waals surface area contributed by atoms with Crippen LogP contribution in [0, 0.1) is 17.1 Å². The average molecular weight is 359 g/mol. The lowest BCUT2D eigenvalue weighted by Gasteiger charge is -2.27. The van der Waals surface area contributed by atoms with Crippen molar-refractivity contribution in [1.29, 1.82) is 5.26 Å². The summed E-state index contributed by atoms with van der Waals surface area (Å²) in [5.41, 5.74) is 5.36. The summed E-state index contributed by atoms with van der Waals surface area (Å²) in [5.74, 6) is -0.0793. The second kappa shape index (κ2) is 8.45. The summed E-state index contributed by atoms with van der Waals surface area (Å²) >= 11 is 0. The molecule has 7 nitrogen and oxygen atoms in total. The molecule has 0 amide bonds. The highest BCUT2D eigenvalue weighted by Gasteiger charge is 2.16. The van der Waals surface area contributed by atoms with Gasteiger partial charge in [0, 0.05) is 32.7 Å². The van der Waals surface area contributed by atoms with Crippen LogP contribution in [0.1, 0.15) is 24.5 Å². The lowest BCUT2D eigenvalue weighted by molar-refractivity contribution is 0.606. The van der Waals surface area contributed by atoms with E-state index in [1.807, 2.05) is 17.9 Å². The van der Waals surface area contributed by atoms with Crippen molar-refractivity contribution >= 4 is 5.82 Å². The van der Waals surface area contributed by atoms with Gasteiger partial charge in [-0.05, 0) is 30.2 Å². The lowest BCUT2D eigenvalue weighted by Crippen LogP contribution is -2.43. The Morgan fingerprint density at radius 3 is 2.62 bits per heavy atom. The van der Waals surface area contributed by atoms with Crippen molar-refractivity contribution in [3.63, 3.8) is 0 Å². The Morgan fingerprint density at radius 1 is 1.27 bits per heavy atom. The number of nitrogens with zero attached hydrogens (tertiary/aromatic N) is 4. The maximum Gasteiger partial charge on any atom is 0.332 e. The third-order valence-corrected chi connectivity index (χ3v) is 4.11. The van der Waals surface area contributed by atoms with E-state index in [9.17, 15) is 19.2 Å². The number of rotatable bonds is 7. The first-order chi connectivity index (χ1) is 12.4. The molecular weight excluding hydrogens is 337 g/mol. The fourth-order valence-electron chi connectivity index (χ4n) is 2.81. The van der Waals surface area contributed by atoms with Crippen molar-refractivity contribution < 1.29 is 4.39 Å². The highest BCUT2D eigenvalue weighted by molar-refractivity contribution is 5.42. The van der Waals surface area contributed by atoms with Gasteiger partial charge in [-0.2, -0.15) is 5.26 Å². The molecule has 0 unspecified atom stereocenters. The molecule has 0 radical (unpaired) electrons. The molecular formula is C18H22FN5O2. The average Bonchev–Trinajstić information content (AvgIpc) is 2.62. The largest absolute Gasteiger partial charge is 0.356 e. The van der Waals surface area contributed by atoms with Crippen LogP contribution in [0.5, 0.6) is 0 Å². The summed E-state index contributed by atoms with van der Waals surface area (Å²) in [6.07, 6.45) is 0.798. The fraction of sp³-hybridized carbons (Fsp3) is 0.389. The summed E-state index contributed by atoms with van der Waals surface area (Å²) in [6, 6.07) is 7.18. The Labute approximate surface area is 150 Å². The molecule has 1 aromatic heterocycles. The predicted molar refractivity (Wildman–Crippen MR) is 97.7 cm³/mol. The van der Waals surface area contributed by atoms with Crippen molar-refractivity contribution in [1.82, 2.24) is 9.13 Å². The van der Waals surface area contributed by atoms with Gasteiger partial charge in [-0.15, -0.1) is 0 Å². The van der Waals surface area contributed by atoms with Crippen LogP contribution in [-0.4, -0.2) is 28.8 Å². The minimum atomic E-state index is -0.529. The third-order valence-electron chi connectivity index (χ3n) is 4.11. The van der Waals surface area contributed by atoms with Crippen LogP contribution in [0.15, 0.2) is 33.9 Å². The highest BCUT2D eigenvalue weighted by atomic mass is 19.1. The standard InChI is InChI=1S/C18H22FN5O2/c1-3-7-23(8-6-20)16-10-17(25)22(2)18(26)24(16)12-14-9-15(19)5-4-13(14)11-21/h4-5,9-10H,3,6-8,12,20H2,1-2H3. The zero-order chi connectivity index (χ0) is 19.3. The number of hydrogen-bond acceptors (Lipinski definition) is 5. The van der Waals surface area contributed by atoms with E-state index in [1.165, 1.54) is 35.9 Å². The van der Waals surface area contributed by atoms with E-state index in [4.69, 9.17) is 5.73 Å². The molecule has 26 heavy (non-hydrogen) atoms. The van der Waals surface area contributed by atoms with Gasteiger partial charge in [-0.1, -0.05) is 6.92 Å². The zero-order valence-electron chi connectivity index (χ0n) is 14.9. The van der Waals surface area contributed by atoms with Crippen LogP contribution in [0.25, 0.3) is 0 Å². The maximum absolute atomic E-state index is 13.7. The number of halogens is 1. The third kappa shape index (κ3) is 4.00. The van der Waals surface area contributed by atoms with Gasteiger partial charge in [0.05, 0.1) is 18.2 Å². The number of benzene rings is 1. The topological polar surface area (TPSA) is 97.0 Å². The Bertz CT molecular complexity index is 936. The summed E-state index contributed by atoms with van der Waals surface area (Å²) in [6.45, 7) is 3.39. The number of aromatic nitrogens is 2. The van der Waals surface area contributed by atoms with Crippen molar-refractivity contribution in [2.24, 2.45) is 12.8 Å². The van der Waals surface area contributed by atoms with E-state index in [0.717, 1.165) is 11.0 Å². The van der Waals surface area contributed by atoms with Crippen LogP contribution >= 0.6 is 0 Å². The first kappa shape index (κ1) is 19.4.